The van der Waals surface area contributed by atoms with Crippen LogP contribution in [0.25, 0.3) is 11.0 Å². The Hall–Kier alpha value is -2.35. The number of aromatic nitrogens is 3. The van der Waals surface area contributed by atoms with Gasteiger partial charge in [-0.05, 0) is 43.0 Å². The van der Waals surface area contributed by atoms with Gasteiger partial charge in [0.2, 0.25) is 0 Å². The number of amidine groups is 2. The zero-order chi connectivity index (χ0) is 20.8. The number of likely N-dealkylation sites (tertiary alicyclic amines) is 1. The van der Waals surface area contributed by atoms with Crippen LogP contribution in [0, 0.1) is 0 Å². The molecule has 2 saturated heterocycles. The molecular formula is C20H32ClN7O+2. The quantitative estimate of drug-likeness (QED) is 0.302. The lowest BCUT2D eigenvalue weighted by Gasteiger charge is -2.10. The van der Waals surface area contributed by atoms with E-state index in [2.05, 4.69) is 19.8 Å². The lowest BCUT2D eigenvalue weighted by atomic mass is 10.3. The van der Waals surface area contributed by atoms with Crippen LogP contribution >= 0.6 is 11.6 Å². The van der Waals surface area contributed by atoms with E-state index < -0.39 is 0 Å². The van der Waals surface area contributed by atoms with Crippen molar-refractivity contribution in [2.75, 3.05) is 54.4 Å². The highest BCUT2D eigenvalue weighted by atomic mass is 35.5. The van der Waals surface area contributed by atoms with Crippen molar-refractivity contribution in [3.05, 3.63) is 24.3 Å². The van der Waals surface area contributed by atoms with Crippen molar-refractivity contribution in [2.45, 2.75) is 25.7 Å². The number of hydrogen-bond acceptors (Lipinski definition) is 3. The van der Waals surface area contributed by atoms with Crippen LogP contribution in [0.5, 0.6) is 0 Å². The smallest absolute Gasteiger partial charge is 0.278 e. The molecular weight excluding hydrogens is 390 g/mol. The van der Waals surface area contributed by atoms with Crippen molar-refractivity contribution < 1.29 is 14.0 Å². The number of hydrogen-bond donors (Lipinski definition) is 0. The molecule has 2 aliphatic rings. The summed E-state index contributed by atoms with van der Waals surface area (Å²) in [4.78, 5) is 11.3. The van der Waals surface area contributed by atoms with Gasteiger partial charge in [-0.15, -0.1) is 5.10 Å². The fourth-order valence-electron chi connectivity index (χ4n) is 3.56. The minimum atomic E-state index is 0.681. The first-order chi connectivity index (χ1) is 14.0. The van der Waals surface area contributed by atoms with Gasteiger partial charge >= 0.3 is 11.3 Å². The van der Waals surface area contributed by atoms with Gasteiger partial charge in [0.1, 0.15) is 11.0 Å². The molecule has 0 aliphatic carbocycles. The first kappa shape index (κ1) is 21.4. The van der Waals surface area contributed by atoms with E-state index in [0.29, 0.717) is 6.02 Å². The van der Waals surface area contributed by atoms with Crippen molar-refractivity contribution in [1.29, 1.82) is 0 Å². The van der Waals surface area contributed by atoms with Gasteiger partial charge < -0.3 is 0 Å². The van der Waals surface area contributed by atoms with Crippen LogP contribution in [0.1, 0.15) is 25.7 Å². The van der Waals surface area contributed by atoms with Crippen molar-refractivity contribution in [3.8, 4) is 0 Å². The molecule has 9 heteroatoms. The van der Waals surface area contributed by atoms with Gasteiger partial charge in [-0.1, -0.05) is 17.0 Å². The van der Waals surface area contributed by atoms with Crippen molar-refractivity contribution in [1.82, 2.24) is 25.0 Å². The Balaban J connectivity index is 0.000000176. The molecule has 0 atom stereocenters. The molecule has 3 heterocycles. The van der Waals surface area contributed by atoms with E-state index in [4.69, 9.17) is 16.4 Å². The van der Waals surface area contributed by atoms with E-state index in [1.807, 2.05) is 61.9 Å². The van der Waals surface area contributed by atoms with Crippen LogP contribution < -0.4 is 4.84 Å². The fraction of sp³-hybridized carbons (Fsp3) is 0.600. The summed E-state index contributed by atoms with van der Waals surface area (Å²) in [6, 6.07) is 8.34. The minimum Gasteiger partial charge on any atom is -0.278 e. The maximum Gasteiger partial charge on any atom is 0.471 e. The highest BCUT2D eigenvalue weighted by molar-refractivity contribution is 6.63. The third-order valence-corrected chi connectivity index (χ3v) is 5.47. The van der Waals surface area contributed by atoms with Gasteiger partial charge in [0.15, 0.2) is 0 Å². The second kappa shape index (κ2) is 9.91. The molecule has 2 aromatic rings. The Labute approximate surface area is 177 Å². The van der Waals surface area contributed by atoms with Gasteiger partial charge in [-0.25, -0.2) is 9.48 Å². The molecule has 1 aromatic heterocycles. The number of halogens is 1. The molecule has 0 unspecified atom stereocenters. The van der Waals surface area contributed by atoms with Gasteiger partial charge in [0.05, 0.1) is 54.4 Å². The molecule has 8 nitrogen and oxygen atoms in total. The van der Waals surface area contributed by atoms with Crippen LogP contribution in [0.15, 0.2) is 24.3 Å². The lowest BCUT2D eigenvalue weighted by Crippen LogP contribution is -2.39. The molecule has 0 saturated carbocycles. The van der Waals surface area contributed by atoms with Crippen molar-refractivity contribution >= 4 is 34.0 Å². The van der Waals surface area contributed by atoms with Crippen molar-refractivity contribution in [3.63, 3.8) is 0 Å². The molecule has 158 valence electrons. The molecule has 0 spiro atoms. The number of para-hydroxylation sites is 1. The lowest BCUT2D eigenvalue weighted by molar-refractivity contribution is -0.508. The molecule has 2 fully saturated rings. The second-order valence-electron chi connectivity index (χ2n) is 7.77. The standard InChI is InChI=1S/C11H16N5O.C9H16ClN2/c1-14(2)11(15(3)4)17-16-10-8-6-5-7-9(10)12-13-16;10-9(11-5-1-2-6-11)12-7-3-4-8-12/h5-8H,1-4H3;1-8H2/q2*+1. The average molecular weight is 422 g/mol. The third-order valence-electron chi connectivity index (χ3n) is 4.99. The monoisotopic (exact) mass is 421 g/mol. The molecule has 4 rings (SSSR count). The summed E-state index contributed by atoms with van der Waals surface area (Å²) in [6.45, 7) is 4.65. The molecule has 0 bridgehead atoms. The maximum atomic E-state index is 6.26. The summed E-state index contributed by atoms with van der Waals surface area (Å²) >= 11 is 6.26. The zero-order valence-electron chi connectivity index (χ0n) is 17.9. The summed E-state index contributed by atoms with van der Waals surface area (Å²) < 4.78 is 4.18. The summed E-state index contributed by atoms with van der Waals surface area (Å²) in [5.74, 6) is 0. The first-order valence-corrected chi connectivity index (χ1v) is 10.6. The van der Waals surface area contributed by atoms with Gasteiger partial charge in [0, 0.05) is 11.6 Å². The highest BCUT2D eigenvalue weighted by Crippen LogP contribution is 2.13. The fourth-order valence-corrected chi connectivity index (χ4v) is 3.90. The summed E-state index contributed by atoms with van der Waals surface area (Å²) in [5.41, 5.74) is 1.65. The van der Waals surface area contributed by atoms with Crippen LogP contribution in [-0.4, -0.2) is 99.8 Å². The van der Waals surface area contributed by atoms with Crippen LogP contribution in [0.2, 0.25) is 0 Å². The highest BCUT2D eigenvalue weighted by Gasteiger charge is 2.26. The Morgan fingerprint density at radius 2 is 1.76 bits per heavy atom. The van der Waals surface area contributed by atoms with E-state index in [9.17, 15) is 0 Å². The Kier molecular flexibility index (Phi) is 7.30. The normalized spacial score (nSPS) is 15.9. The van der Waals surface area contributed by atoms with E-state index in [1.54, 1.807) is 0 Å². The van der Waals surface area contributed by atoms with Crippen LogP contribution in [0.3, 0.4) is 0 Å². The largest absolute Gasteiger partial charge is 0.471 e. The average Bonchev–Trinajstić information content (AvgIpc) is 3.48. The van der Waals surface area contributed by atoms with Gasteiger partial charge in [0.25, 0.3) is 0 Å². The second-order valence-corrected chi connectivity index (χ2v) is 8.11. The number of rotatable bonds is 1. The Bertz CT molecular complexity index is 872. The molecule has 0 N–H and O–H groups in total. The number of nitrogens with zero attached hydrogens (tertiary/aromatic N) is 7. The summed E-state index contributed by atoms with van der Waals surface area (Å²) in [7, 11) is 7.64. The van der Waals surface area contributed by atoms with Crippen molar-refractivity contribution in [2.24, 2.45) is 0 Å². The molecule has 2 aliphatic heterocycles. The van der Waals surface area contributed by atoms with E-state index >= 15 is 0 Å². The third kappa shape index (κ3) is 5.38. The maximum absolute atomic E-state index is 6.26. The van der Waals surface area contributed by atoms with Crippen LogP contribution in [0.4, 0.5) is 0 Å². The predicted octanol–water partition coefficient (Wildman–Crippen LogP) is 1.53. The van der Waals surface area contributed by atoms with Gasteiger partial charge in [-0.2, -0.15) is 0 Å². The predicted molar refractivity (Wildman–Crippen MR) is 116 cm³/mol. The number of fused-ring (bicyclic) bond motifs is 1. The SMILES string of the molecule is CN(C)C(On1nnc2ccccc21)=[N+](C)C.ClC(N1CCCC1)=[N+]1CCCC1. The Morgan fingerprint density at radius 1 is 1.10 bits per heavy atom. The zero-order valence-corrected chi connectivity index (χ0v) is 18.6. The summed E-state index contributed by atoms with van der Waals surface area (Å²) in [5, 5.41) is 9.00. The molecule has 29 heavy (non-hydrogen) atoms. The van der Waals surface area contributed by atoms with E-state index in [-0.39, 0.29) is 0 Å². The van der Waals surface area contributed by atoms with Crippen LogP contribution in [-0.2, 0) is 0 Å². The minimum absolute atomic E-state index is 0.681. The molecule has 0 amide bonds. The molecule has 0 radical (unpaired) electrons. The summed E-state index contributed by atoms with van der Waals surface area (Å²) in [6.07, 6.45) is 5.24. The number of benzene rings is 1. The van der Waals surface area contributed by atoms with E-state index in [0.717, 1.165) is 42.5 Å². The van der Waals surface area contributed by atoms with E-state index in [1.165, 1.54) is 30.5 Å². The Morgan fingerprint density at radius 3 is 2.38 bits per heavy atom. The topological polar surface area (TPSA) is 52.4 Å². The van der Waals surface area contributed by atoms with Gasteiger partial charge in [-0.3, -0.25) is 14.3 Å². The molecule has 1 aromatic carbocycles. The first-order valence-electron chi connectivity index (χ1n) is 10.2.